The Morgan fingerprint density at radius 1 is 0.171 bits per heavy atom. The summed E-state index contributed by atoms with van der Waals surface area (Å²) in [5.74, 6) is 3.05. The molecule has 648 valence electrons. The van der Waals surface area contributed by atoms with Crippen LogP contribution in [0, 0.1) is 0 Å². The molecule has 8 aromatic heterocycles. The fraction of sp³-hybridized carbons (Fsp3) is 0. The van der Waals surface area contributed by atoms with Crippen LogP contribution in [0.5, 0.6) is 0 Å². The third-order valence-corrected chi connectivity index (χ3v) is 28.9. The lowest BCUT2D eigenvalue weighted by molar-refractivity contribution is 0.669. The minimum absolute atomic E-state index is 0.486. The maximum atomic E-state index is 7.42. The van der Waals surface area contributed by atoms with Crippen molar-refractivity contribution in [2.75, 3.05) is 0 Å². The van der Waals surface area contributed by atoms with E-state index in [1.807, 2.05) is 0 Å². The average Bonchev–Trinajstić information content (AvgIpc) is 1.55. The largest absolute Gasteiger partial charge is 0.456 e. The molecule has 8 heterocycles. The van der Waals surface area contributed by atoms with Gasteiger partial charge in [-0.15, -0.1) is 0 Å². The Bertz CT molecular complexity index is 10500. The molecule has 0 spiro atoms. The molecule has 0 aliphatic rings. The van der Waals surface area contributed by atoms with E-state index in [-0.39, 0.29) is 0 Å². The van der Waals surface area contributed by atoms with Gasteiger partial charge in [-0.05, 0) is 216 Å². The van der Waals surface area contributed by atoms with E-state index in [4.69, 9.17) is 38.7 Å². The highest BCUT2D eigenvalue weighted by Crippen LogP contribution is 2.51. The quantitative estimate of drug-likeness (QED) is 0.118. The summed E-state index contributed by atoms with van der Waals surface area (Å²) < 4.78 is 24.2. The predicted molar refractivity (Wildman–Crippen MR) is 576 cm³/mol. The van der Waals surface area contributed by atoms with Crippen LogP contribution in [-0.4, -0.2) is 48.2 Å². The first-order chi connectivity index (χ1) is 69.4. The number of para-hydroxylation sites is 6. The zero-order chi connectivity index (χ0) is 91.5. The second-order valence-electron chi connectivity index (χ2n) is 36.7. The first-order valence-corrected chi connectivity index (χ1v) is 47.4. The van der Waals surface area contributed by atoms with Crippen molar-refractivity contribution in [1.82, 2.24) is 48.2 Å². The van der Waals surface area contributed by atoms with E-state index in [0.29, 0.717) is 51.7 Å². The van der Waals surface area contributed by atoms with E-state index in [9.17, 15) is 0 Å². The molecule has 0 aliphatic carbocycles. The maximum absolute atomic E-state index is 7.42. The Labute approximate surface area is 798 Å². The highest BCUT2D eigenvalue weighted by atomic mass is 16.3. The first-order valence-electron chi connectivity index (χ1n) is 47.4. The molecule has 22 aromatic carbocycles. The van der Waals surface area contributed by atoms with E-state index in [1.165, 1.54) is 5.39 Å². The molecule has 30 aromatic rings. The van der Waals surface area contributed by atoms with Crippen molar-refractivity contribution in [2.24, 2.45) is 0 Å². The predicted octanol–water partition coefficient (Wildman–Crippen LogP) is 33.3. The Morgan fingerprint density at radius 2 is 0.536 bits per heavy atom. The number of furan rings is 2. The molecule has 0 saturated heterocycles. The van der Waals surface area contributed by atoms with Gasteiger partial charge in [-0.1, -0.05) is 303 Å². The summed E-state index contributed by atoms with van der Waals surface area (Å²) in [4.78, 5) is 34.9. The van der Waals surface area contributed by atoms with Gasteiger partial charge in [0.05, 0.1) is 66.6 Å². The SMILES string of the molecule is c1ccc(-n2c3ccccc3c3ccc(-c4nc(-c5cccc6ccccc56)nc(-c5c(-n6c7cc8ccccc8cc7c7cc8ccccc8cc76)ccc6oc7cc(-c8cccc(-c9cccc(-c%10nc(-c%11c(-n%12c%13ccccc%13c%13cc%14ccccc%14cc%13%12)ccc%12oc%13c%14ccccc%14ccc%13c%11%12)nc(-c%11cccc%12c%13ccccc%13n(-c%13ccccc%13)c%11%12)n%10)c9)c8)ccc7c56)n4)cc32)cc1. The molecule has 0 amide bonds. The molecule has 0 bridgehead atoms. The van der Waals surface area contributed by atoms with Crippen molar-refractivity contribution in [3.05, 3.63) is 449 Å². The van der Waals surface area contributed by atoms with Gasteiger partial charge in [0, 0.05) is 104 Å². The molecule has 0 aliphatic heterocycles. The van der Waals surface area contributed by atoms with Gasteiger partial charge in [0.1, 0.15) is 22.3 Å². The molecule has 140 heavy (non-hydrogen) atoms. The van der Waals surface area contributed by atoms with E-state index in [1.54, 1.807) is 0 Å². The average molecular weight is 1780 g/mol. The van der Waals surface area contributed by atoms with E-state index in [2.05, 4.69) is 467 Å². The van der Waals surface area contributed by atoms with Crippen molar-refractivity contribution in [1.29, 1.82) is 0 Å². The highest BCUT2D eigenvalue weighted by Gasteiger charge is 2.31. The number of fused-ring (bicyclic) bond motifs is 24. The molecule has 0 radical (unpaired) electrons. The second-order valence-corrected chi connectivity index (χ2v) is 36.7. The monoisotopic (exact) mass is 1780 g/mol. The molecule has 0 atom stereocenters. The van der Waals surface area contributed by atoms with Gasteiger partial charge in [-0.2, -0.15) is 0 Å². The van der Waals surface area contributed by atoms with Crippen LogP contribution >= 0.6 is 0 Å². The number of rotatable bonds is 12. The lowest BCUT2D eigenvalue weighted by Gasteiger charge is -2.17. The fourth-order valence-electron chi connectivity index (χ4n) is 22.6. The summed E-state index contributed by atoms with van der Waals surface area (Å²) in [7, 11) is 0. The minimum atomic E-state index is 0.486. The third kappa shape index (κ3) is 11.8. The van der Waals surface area contributed by atoms with Crippen molar-refractivity contribution in [3.8, 4) is 113 Å². The number of benzene rings is 22. The summed E-state index contributed by atoms with van der Waals surface area (Å²) in [5.41, 5.74) is 24.0. The molecule has 0 unspecified atom stereocenters. The van der Waals surface area contributed by atoms with Crippen molar-refractivity contribution in [2.45, 2.75) is 0 Å². The lowest BCUT2D eigenvalue weighted by atomic mass is 9.96. The van der Waals surface area contributed by atoms with Crippen molar-refractivity contribution >= 4 is 185 Å². The van der Waals surface area contributed by atoms with Gasteiger partial charge in [0.25, 0.3) is 0 Å². The summed E-state index contributed by atoms with van der Waals surface area (Å²) in [6.07, 6.45) is 0. The lowest BCUT2D eigenvalue weighted by Crippen LogP contribution is -2.05. The van der Waals surface area contributed by atoms with Gasteiger partial charge in [0.2, 0.25) is 0 Å². The Morgan fingerprint density at radius 3 is 1.14 bits per heavy atom. The summed E-state index contributed by atoms with van der Waals surface area (Å²) >= 11 is 0. The minimum Gasteiger partial charge on any atom is -0.456 e. The molecule has 0 N–H and O–H groups in total. The van der Waals surface area contributed by atoms with Gasteiger partial charge in [0.15, 0.2) is 34.9 Å². The number of hydrogen-bond donors (Lipinski definition) is 0. The Kier molecular flexibility index (Phi) is 16.7. The Balaban J connectivity index is 0.621. The second kappa shape index (κ2) is 30.2. The fourth-order valence-corrected chi connectivity index (χ4v) is 22.6. The van der Waals surface area contributed by atoms with Crippen LogP contribution < -0.4 is 0 Å². The molecular weight excluding hydrogens is 1710 g/mol. The van der Waals surface area contributed by atoms with Crippen LogP contribution in [-0.2, 0) is 0 Å². The van der Waals surface area contributed by atoms with Crippen LogP contribution in [0.3, 0.4) is 0 Å². The van der Waals surface area contributed by atoms with E-state index >= 15 is 0 Å². The summed E-state index contributed by atoms with van der Waals surface area (Å²) in [5, 5.41) is 23.7. The highest BCUT2D eigenvalue weighted by molar-refractivity contribution is 6.24. The van der Waals surface area contributed by atoms with Crippen LogP contribution in [0.1, 0.15) is 0 Å². The van der Waals surface area contributed by atoms with E-state index < -0.39 is 0 Å². The normalized spacial score (nSPS) is 12.1. The zero-order valence-corrected chi connectivity index (χ0v) is 75.0. The topological polar surface area (TPSA) is 123 Å². The number of hydrogen-bond acceptors (Lipinski definition) is 8. The molecule has 0 saturated carbocycles. The van der Waals surface area contributed by atoms with Crippen LogP contribution in [0.4, 0.5) is 0 Å². The zero-order valence-electron chi connectivity index (χ0n) is 75.0. The van der Waals surface area contributed by atoms with Crippen LogP contribution in [0.2, 0.25) is 0 Å². The van der Waals surface area contributed by atoms with Gasteiger partial charge in [-0.25, -0.2) is 29.9 Å². The molecule has 0 fully saturated rings. The standard InChI is InChI=1S/C128H74N10O2/c1-3-40-89(41-4-1)135-105-52-20-17-46-93(105)96-58-57-88(73-110(96)135)124-129-125(98-50-25-35-75-27-13-15-44-91(75)98)133-127(132-124)119-109(138-112-71-84-33-11-8-30-81(84)68-103(112)104-69-82-31-9-12-34-85(82)72-113(104)138)61-63-114-117(119)99-59-56-86(74-116(99)139-114)78-37-23-36-77(65-78)79-38-24-39-87(66-79)123-130-126(101-51-26-49-97-94-47-18-21-53-106(94)136(121(97)101)90-42-5-2-6-43-90)134-128(131-123)120-108(62-64-115-118(120)100-60-55-76-28-14-16-45-92(76)122(100)140-115)137-107-54-22-19-48-95(107)102-67-80-29-7-10-32-83(80)70-111(102)137/h1-74H. The van der Waals surface area contributed by atoms with Gasteiger partial charge < -0.3 is 27.1 Å². The maximum Gasteiger partial charge on any atom is 0.166 e. The molecule has 12 heteroatoms. The van der Waals surface area contributed by atoms with E-state index in [0.717, 1.165) is 241 Å². The van der Waals surface area contributed by atoms with Crippen LogP contribution in [0.25, 0.3) is 298 Å². The number of aromatic nitrogens is 10. The molecule has 12 nitrogen and oxygen atoms in total. The molecular formula is C128H74N10O2. The Hall–Kier alpha value is -19.0. The third-order valence-electron chi connectivity index (χ3n) is 28.9. The summed E-state index contributed by atoms with van der Waals surface area (Å²) in [6, 6.07) is 161. The van der Waals surface area contributed by atoms with Crippen LogP contribution in [0.15, 0.2) is 458 Å². The van der Waals surface area contributed by atoms with Crippen molar-refractivity contribution < 1.29 is 8.83 Å². The van der Waals surface area contributed by atoms with Crippen molar-refractivity contribution in [3.63, 3.8) is 0 Å². The summed E-state index contributed by atoms with van der Waals surface area (Å²) in [6.45, 7) is 0. The van der Waals surface area contributed by atoms with Gasteiger partial charge in [-0.3, -0.25) is 0 Å². The molecule has 30 rings (SSSR count). The number of nitrogens with zero attached hydrogens (tertiary/aromatic N) is 10. The smallest absolute Gasteiger partial charge is 0.166 e. The first kappa shape index (κ1) is 77.4. The van der Waals surface area contributed by atoms with Gasteiger partial charge >= 0.3 is 0 Å².